The molecule has 4 heteroatoms. The van der Waals surface area contributed by atoms with Crippen LogP contribution in [0.2, 0.25) is 0 Å². The maximum Gasteiger partial charge on any atom is 0.303 e. The number of unbranched alkanes of at least 4 members (excludes halogenated alkanes) is 1. The number of aliphatic hydroxyl groups is 2. The third-order valence-electron chi connectivity index (χ3n) is 6.55. The van der Waals surface area contributed by atoms with Gasteiger partial charge in [0.1, 0.15) is 0 Å². The summed E-state index contributed by atoms with van der Waals surface area (Å²) in [5.74, 6) is 0.837. The molecule has 2 rings (SSSR count). The van der Waals surface area contributed by atoms with Crippen LogP contribution in [0.1, 0.15) is 78.6 Å². The SMILES string of the molecule is CC(C)=CCCC(C)C[C@H](O)/C=C/[C@@H]1[C@H]2C/C(=C/CCCC(=O)O)C[C@H]2C[C@H]1O. The van der Waals surface area contributed by atoms with E-state index in [0.717, 1.165) is 44.9 Å². The van der Waals surface area contributed by atoms with Gasteiger partial charge >= 0.3 is 5.97 Å². The van der Waals surface area contributed by atoms with Gasteiger partial charge in [-0.1, -0.05) is 42.4 Å². The topological polar surface area (TPSA) is 77.8 Å². The Kier molecular flexibility index (Phi) is 9.64. The molecule has 2 fully saturated rings. The number of allylic oxidation sites excluding steroid dienone is 4. The van der Waals surface area contributed by atoms with Gasteiger partial charge < -0.3 is 15.3 Å². The van der Waals surface area contributed by atoms with Crippen LogP contribution >= 0.6 is 0 Å². The number of hydrogen-bond donors (Lipinski definition) is 3. The predicted octanol–water partition coefficient (Wildman–Crippen LogP) is 5.26. The van der Waals surface area contributed by atoms with Gasteiger partial charge in [0.25, 0.3) is 0 Å². The van der Waals surface area contributed by atoms with E-state index in [1.54, 1.807) is 0 Å². The van der Waals surface area contributed by atoms with Crippen LogP contribution in [0.3, 0.4) is 0 Å². The molecule has 0 aromatic carbocycles. The van der Waals surface area contributed by atoms with E-state index in [4.69, 9.17) is 5.11 Å². The van der Waals surface area contributed by atoms with Crippen molar-refractivity contribution in [2.45, 2.75) is 90.8 Å². The molecule has 2 aliphatic rings. The van der Waals surface area contributed by atoms with Crippen molar-refractivity contribution in [2.75, 3.05) is 0 Å². The molecule has 1 unspecified atom stereocenters. The molecule has 6 atom stereocenters. The fraction of sp³-hybridized carbons (Fsp3) is 0.720. The van der Waals surface area contributed by atoms with Crippen LogP contribution in [0.5, 0.6) is 0 Å². The molecule has 0 amide bonds. The van der Waals surface area contributed by atoms with Crippen LogP contribution in [0, 0.1) is 23.7 Å². The quantitative estimate of drug-likeness (QED) is 0.324. The zero-order valence-corrected chi connectivity index (χ0v) is 18.4. The number of aliphatic carboxylic acids is 1. The summed E-state index contributed by atoms with van der Waals surface area (Å²) in [5, 5.41) is 29.7. The summed E-state index contributed by atoms with van der Waals surface area (Å²) in [6, 6.07) is 0. The lowest BCUT2D eigenvalue weighted by molar-refractivity contribution is -0.137. The van der Waals surface area contributed by atoms with Crippen molar-refractivity contribution in [3.8, 4) is 0 Å². The van der Waals surface area contributed by atoms with Gasteiger partial charge in [-0.15, -0.1) is 0 Å². The average Bonchev–Trinajstić information content (AvgIpc) is 3.13. The van der Waals surface area contributed by atoms with Crippen molar-refractivity contribution in [3.63, 3.8) is 0 Å². The van der Waals surface area contributed by atoms with Crippen LogP contribution in [0.25, 0.3) is 0 Å². The van der Waals surface area contributed by atoms with E-state index in [-0.39, 0.29) is 18.4 Å². The highest BCUT2D eigenvalue weighted by molar-refractivity contribution is 5.66. The van der Waals surface area contributed by atoms with Crippen LogP contribution in [-0.2, 0) is 4.79 Å². The van der Waals surface area contributed by atoms with Crippen LogP contribution in [-0.4, -0.2) is 33.5 Å². The van der Waals surface area contributed by atoms with Crippen molar-refractivity contribution in [2.24, 2.45) is 23.7 Å². The summed E-state index contributed by atoms with van der Waals surface area (Å²) in [5.41, 5.74) is 2.76. The molecular formula is C25H40O4. The van der Waals surface area contributed by atoms with E-state index in [1.165, 1.54) is 11.1 Å². The van der Waals surface area contributed by atoms with Crippen molar-refractivity contribution < 1.29 is 20.1 Å². The molecule has 164 valence electrons. The van der Waals surface area contributed by atoms with Gasteiger partial charge in [0.2, 0.25) is 0 Å². The van der Waals surface area contributed by atoms with E-state index in [1.807, 2.05) is 6.08 Å². The highest BCUT2D eigenvalue weighted by atomic mass is 16.4. The Labute approximate surface area is 176 Å². The molecule has 0 aromatic heterocycles. The van der Waals surface area contributed by atoms with E-state index in [9.17, 15) is 15.0 Å². The first kappa shape index (κ1) is 23.9. The van der Waals surface area contributed by atoms with Gasteiger partial charge in [0.05, 0.1) is 12.2 Å². The predicted molar refractivity (Wildman–Crippen MR) is 117 cm³/mol. The van der Waals surface area contributed by atoms with Crippen molar-refractivity contribution >= 4 is 5.97 Å². The lowest BCUT2D eigenvalue weighted by atomic mass is 9.89. The molecule has 0 heterocycles. The summed E-state index contributed by atoms with van der Waals surface area (Å²) in [7, 11) is 0. The minimum atomic E-state index is -0.732. The number of carboxylic acids is 1. The van der Waals surface area contributed by atoms with Crippen LogP contribution in [0.15, 0.2) is 35.5 Å². The minimum absolute atomic E-state index is 0.126. The number of aliphatic hydroxyl groups excluding tert-OH is 2. The Bertz CT molecular complexity index is 614. The molecular weight excluding hydrogens is 364 g/mol. The van der Waals surface area contributed by atoms with Gasteiger partial charge in [-0.3, -0.25) is 4.79 Å². The first-order valence-electron chi connectivity index (χ1n) is 11.3. The van der Waals surface area contributed by atoms with Gasteiger partial charge in [0, 0.05) is 12.3 Å². The van der Waals surface area contributed by atoms with Gasteiger partial charge in [-0.05, 0) is 83.0 Å². The molecule has 2 aliphatic carbocycles. The van der Waals surface area contributed by atoms with Crippen molar-refractivity contribution in [1.29, 1.82) is 0 Å². The normalized spacial score (nSPS) is 29.9. The summed E-state index contributed by atoms with van der Waals surface area (Å²) >= 11 is 0. The Morgan fingerprint density at radius 3 is 2.69 bits per heavy atom. The standard InChI is InChI=1S/C25H40O4/c1-17(2)7-6-8-18(3)13-21(26)11-12-22-23-15-19(9-4-5-10-25(28)29)14-20(23)16-24(22)27/h7,9,11-12,18,20-24,26-27H,4-6,8,10,13-16H2,1-3H3,(H,28,29)/b12-11+,19-9+/t18?,20-,21+,22+,23-,24+/m0/s1. The zero-order chi connectivity index (χ0) is 21.4. The number of fused-ring (bicyclic) bond motifs is 1. The monoisotopic (exact) mass is 404 g/mol. The molecule has 4 nitrogen and oxygen atoms in total. The van der Waals surface area contributed by atoms with E-state index in [2.05, 4.69) is 39.0 Å². The largest absolute Gasteiger partial charge is 0.481 e. The molecule has 0 aromatic rings. The fourth-order valence-corrected chi connectivity index (χ4v) is 5.02. The number of carbonyl (C=O) groups is 1. The number of hydrogen-bond acceptors (Lipinski definition) is 3. The van der Waals surface area contributed by atoms with E-state index < -0.39 is 12.1 Å². The summed E-state index contributed by atoms with van der Waals surface area (Å²) in [6.07, 6.45) is 15.2. The second kappa shape index (κ2) is 11.7. The zero-order valence-electron chi connectivity index (χ0n) is 18.4. The Morgan fingerprint density at radius 1 is 1.24 bits per heavy atom. The molecule has 0 aliphatic heterocycles. The second-order valence-corrected chi connectivity index (χ2v) is 9.51. The van der Waals surface area contributed by atoms with E-state index in [0.29, 0.717) is 24.2 Å². The Morgan fingerprint density at radius 2 is 2.00 bits per heavy atom. The lowest BCUT2D eigenvalue weighted by Crippen LogP contribution is -2.18. The molecule has 0 spiro atoms. The lowest BCUT2D eigenvalue weighted by Gasteiger charge is -2.18. The van der Waals surface area contributed by atoms with Crippen LogP contribution in [0.4, 0.5) is 0 Å². The maximum atomic E-state index is 10.6. The molecule has 0 bridgehead atoms. The molecule has 2 saturated carbocycles. The minimum Gasteiger partial charge on any atom is -0.481 e. The fourth-order valence-electron chi connectivity index (χ4n) is 5.02. The average molecular weight is 405 g/mol. The van der Waals surface area contributed by atoms with Gasteiger partial charge in [-0.25, -0.2) is 0 Å². The summed E-state index contributed by atoms with van der Waals surface area (Å²) in [4.78, 5) is 10.6. The third kappa shape index (κ3) is 8.10. The van der Waals surface area contributed by atoms with Crippen molar-refractivity contribution in [1.82, 2.24) is 0 Å². The van der Waals surface area contributed by atoms with E-state index >= 15 is 0 Å². The second-order valence-electron chi connectivity index (χ2n) is 9.51. The smallest absolute Gasteiger partial charge is 0.303 e. The molecule has 0 radical (unpaired) electrons. The maximum absolute atomic E-state index is 10.6. The van der Waals surface area contributed by atoms with Crippen LogP contribution < -0.4 is 0 Å². The summed E-state index contributed by atoms with van der Waals surface area (Å²) < 4.78 is 0. The first-order valence-corrected chi connectivity index (χ1v) is 11.3. The third-order valence-corrected chi connectivity index (χ3v) is 6.55. The Balaban J connectivity index is 1.81. The molecule has 0 saturated heterocycles. The number of rotatable bonds is 11. The van der Waals surface area contributed by atoms with Crippen molar-refractivity contribution in [3.05, 3.63) is 35.5 Å². The summed E-state index contributed by atoms with van der Waals surface area (Å²) in [6.45, 7) is 6.42. The molecule has 29 heavy (non-hydrogen) atoms. The van der Waals surface area contributed by atoms with Gasteiger partial charge in [0.15, 0.2) is 0 Å². The highest BCUT2D eigenvalue weighted by Crippen LogP contribution is 2.50. The number of carboxylic acid groups (broad SMARTS) is 1. The first-order chi connectivity index (χ1) is 13.8. The highest BCUT2D eigenvalue weighted by Gasteiger charge is 2.44. The van der Waals surface area contributed by atoms with Gasteiger partial charge in [-0.2, -0.15) is 0 Å². The molecule has 3 N–H and O–H groups in total. The Hall–Kier alpha value is -1.39.